The van der Waals surface area contributed by atoms with Gasteiger partial charge in [0, 0.05) is 19.3 Å². The second kappa shape index (κ2) is 68.3. The molecule has 0 aromatic carbocycles. The van der Waals surface area contributed by atoms with Crippen molar-refractivity contribution in [3.63, 3.8) is 0 Å². The monoisotopic (exact) mass is 1120 g/mol. The van der Waals surface area contributed by atoms with Gasteiger partial charge in [0.1, 0.15) is 13.2 Å². The lowest BCUT2D eigenvalue weighted by Crippen LogP contribution is -2.30. The molecule has 0 aliphatic rings. The van der Waals surface area contributed by atoms with Gasteiger partial charge in [-0.25, -0.2) is 0 Å². The first-order valence-electron chi connectivity index (χ1n) is 34.0. The van der Waals surface area contributed by atoms with E-state index in [1.54, 1.807) is 0 Å². The van der Waals surface area contributed by atoms with Gasteiger partial charge in [-0.1, -0.05) is 290 Å². The van der Waals surface area contributed by atoms with Crippen LogP contribution in [0.25, 0.3) is 0 Å². The molecule has 0 spiro atoms. The maximum Gasteiger partial charge on any atom is 0.306 e. The number of carbonyl (C=O) groups is 3. The third-order valence-electron chi connectivity index (χ3n) is 14.4. The van der Waals surface area contributed by atoms with E-state index >= 15 is 0 Å². The summed E-state index contributed by atoms with van der Waals surface area (Å²) < 4.78 is 17.0. The Morgan fingerprint density at radius 2 is 0.481 bits per heavy atom. The van der Waals surface area contributed by atoms with Crippen LogP contribution in [0.1, 0.15) is 316 Å². The van der Waals surface area contributed by atoms with Crippen LogP contribution < -0.4 is 0 Å². The standard InChI is InChI=1S/C75H126O6/c1-4-7-10-13-16-19-22-25-28-31-33-35-36-37-38-40-41-44-47-50-53-56-59-62-65-68-74(77)80-71-72(70-79-73(76)67-64-61-58-55-52-49-46-43-30-27-24-21-18-15-12-9-6-3)81-75(78)69-66-63-60-57-54-51-48-45-42-39-34-32-29-26-23-20-17-14-11-8-5-2/h8-9,11-12,17-18,20-22,25-27,29-31,33-34,36-37,39,72H,4-7,10,13-16,19,23-24,28,32,35,38,40-71H2,1-3H3/b11-8-,12-9-,20-17-,21-18-,25-22-,29-26-,30-27-,33-31-,37-36-,39-34-. The maximum absolute atomic E-state index is 13.0. The number of rotatable bonds is 61. The topological polar surface area (TPSA) is 78.9 Å². The highest BCUT2D eigenvalue weighted by atomic mass is 16.6. The Morgan fingerprint density at radius 1 is 0.259 bits per heavy atom. The van der Waals surface area contributed by atoms with E-state index in [0.29, 0.717) is 19.3 Å². The molecule has 0 amide bonds. The molecule has 6 nitrogen and oxygen atoms in total. The molecule has 6 heteroatoms. The minimum absolute atomic E-state index is 0.0883. The van der Waals surface area contributed by atoms with Gasteiger partial charge in [0.25, 0.3) is 0 Å². The lowest BCUT2D eigenvalue weighted by atomic mass is 10.1. The van der Waals surface area contributed by atoms with Crippen molar-refractivity contribution >= 4 is 17.9 Å². The smallest absolute Gasteiger partial charge is 0.306 e. The van der Waals surface area contributed by atoms with Crippen molar-refractivity contribution in [2.75, 3.05) is 13.2 Å². The van der Waals surface area contributed by atoms with Crippen LogP contribution in [0.4, 0.5) is 0 Å². The van der Waals surface area contributed by atoms with E-state index < -0.39 is 6.10 Å². The Balaban J connectivity index is 4.40. The lowest BCUT2D eigenvalue weighted by molar-refractivity contribution is -0.167. The number of unbranched alkanes of at least 4 members (excludes halogenated alkanes) is 30. The molecule has 1 atom stereocenters. The minimum atomic E-state index is -0.794. The molecule has 0 fully saturated rings. The van der Waals surface area contributed by atoms with Gasteiger partial charge in [-0.2, -0.15) is 0 Å². The quantitative estimate of drug-likeness (QED) is 0.0261. The van der Waals surface area contributed by atoms with Crippen LogP contribution in [0.3, 0.4) is 0 Å². The number of ether oxygens (including phenoxy) is 3. The molecule has 0 saturated carbocycles. The van der Waals surface area contributed by atoms with Crippen LogP contribution in [0.5, 0.6) is 0 Å². The zero-order chi connectivity index (χ0) is 58.5. The average molecular weight is 1120 g/mol. The van der Waals surface area contributed by atoms with Gasteiger partial charge in [0.2, 0.25) is 0 Å². The molecular weight excluding hydrogens is 997 g/mol. The minimum Gasteiger partial charge on any atom is -0.462 e. The van der Waals surface area contributed by atoms with E-state index in [-0.39, 0.29) is 31.1 Å². The zero-order valence-electron chi connectivity index (χ0n) is 53.0. The van der Waals surface area contributed by atoms with E-state index in [0.717, 1.165) is 128 Å². The SMILES string of the molecule is CC/C=C\C/C=C\C/C=C\C/C=C\CCCCCCCCCCC(=O)OC(COC(=O)CCCCCCCCC/C=C\C/C=C\C/C=C\CC)COC(=O)CCCCCCCCCCCC/C=C\C/C=C\C/C=C\CCCCCCC. The van der Waals surface area contributed by atoms with Crippen LogP contribution in [0.2, 0.25) is 0 Å². The Hall–Kier alpha value is -4.19. The maximum atomic E-state index is 13.0. The van der Waals surface area contributed by atoms with Crippen molar-refractivity contribution in [1.29, 1.82) is 0 Å². The summed E-state index contributed by atoms with van der Waals surface area (Å²) >= 11 is 0. The summed E-state index contributed by atoms with van der Waals surface area (Å²) in [4.78, 5) is 38.5. The summed E-state index contributed by atoms with van der Waals surface area (Å²) in [6.45, 7) is 6.41. The second-order valence-electron chi connectivity index (χ2n) is 22.3. The average Bonchev–Trinajstić information content (AvgIpc) is 3.47. The summed E-state index contributed by atoms with van der Waals surface area (Å²) in [5.74, 6) is -0.901. The molecule has 0 heterocycles. The molecule has 0 radical (unpaired) electrons. The highest BCUT2D eigenvalue weighted by Gasteiger charge is 2.19. The fraction of sp³-hybridized carbons (Fsp3) is 0.693. The van der Waals surface area contributed by atoms with Gasteiger partial charge in [0.05, 0.1) is 0 Å². The first kappa shape index (κ1) is 76.8. The number of allylic oxidation sites excluding steroid dienone is 20. The Labute approximate surface area is 501 Å². The molecule has 0 aromatic heterocycles. The van der Waals surface area contributed by atoms with Crippen LogP contribution in [-0.4, -0.2) is 37.2 Å². The van der Waals surface area contributed by atoms with E-state index in [9.17, 15) is 14.4 Å². The van der Waals surface area contributed by atoms with Gasteiger partial charge >= 0.3 is 17.9 Å². The number of carbonyl (C=O) groups excluding carboxylic acids is 3. The van der Waals surface area contributed by atoms with Crippen molar-refractivity contribution in [2.45, 2.75) is 322 Å². The lowest BCUT2D eigenvalue weighted by Gasteiger charge is -2.18. The van der Waals surface area contributed by atoms with Crippen molar-refractivity contribution < 1.29 is 28.6 Å². The summed E-state index contributed by atoms with van der Waals surface area (Å²) in [7, 11) is 0. The fourth-order valence-corrected chi connectivity index (χ4v) is 9.40. The number of hydrogen-bond acceptors (Lipinski definition) is 6. The molecule has 81 heavy (non-hydrogen) atoms. The van der Waals surface area contributed by atoms with Crippen molar-refractivity contribution in [3.05, 3.63) is 122 Å². The third-order valence-corrected chi connectivity index (χ3v) is 14.4. The van der Waals surface area contributed by atoms with Crippen molar-refractivity contribution in [3.8, 4) is 0 Å². The van der Waals surface area contributed by atoms with Crippen molar-refractivity contribution in [2.24, 2.45) is 0 Å². The number of esters is 3. The van der Waals surface area contributed by atoms with Crippen LogP contribution in [0, 0.1) is 0 Å². The van der Waals surface area contributed by atoms with Gasteiger partial charge in [-0.3, -0.25) is 14.4 Å². The summed E-state index contributed by atoms with van der Waals surface area (Å²) in [5, 5.41) is 0. The van der Waals surface area contributed by atoms with Crippen LogP contribution in [0.15, 0.2) is 122 Å². The zero-order valence-corrected chi connectivity index (χ0v) is 53.0. The molecule has 0 rings (SSSR count). The van der Waals surface area contributed by atoms with Gasteiger partial charge in [-0.15, -0.1) is 0 Å². The molecule has 0 N–H and O–H groups in total. The molecule has 1 unspecified atom stereocenters. The first-order valence-corrected chi connectivity index (χ1v) is 34.0. The van der Waals surface area contributed by atoms with E-state index in [1.807, 2.05) is 0 Å². The first-order chi connectivity index (χ1) is 40.0. The molecule has 0 aromatic rings. The van der Waals surface area contributed by atoms with E-state index in [1.165, 1.54) is 148 Å². The number of hydrogen-bond donors (Lipinski definition) is 0. The van der Waals surface area contributed by atoms with E-state index in [4.69, 9.17) is 14.2 Å². The molecule has 0 saturated heterocycles. The highest BCUT2D eigenvalue weighted by molar-refractivity contribution is 5.71. The third kappa shape index (κ3) is 66.5. The molecular formula is C75H126O6. The Morgan fingerprint density at radius 3 is 0.753 bits per heavy atom. The molecule has 0 bridgehead atoms. The van der Waals surface area contributed by atoms with Crippen LogP contribution in [-0.2, 0) is 28.6 Å². The fourth-order valence-electron chi connectivity index (χ4n) is 9.40. The normalized spacial score (nSPS) is 12.9. The van der Waals surface area contributed by atoms with E-state index in [2.05, 4.69) is 142 Å². The molecule has 0 aliphatic heterocycles. The Bertz CT molecular complexity index is 1670. The Kier molecular flexibility index (Phi) is 64.8. The summed E-state index contributed by atoms with van der Waals surface area (Å²) in [5.41, 5.74) is 0. The van der Waals surface area contributed by atoms with Crippen LogP contribution >= 0.6 is 0 Å². The highest BCUT2D eigenvalue weighted by Crippen LogP contribution is 2.16. The summed E-state index contributed by atoms with van der Waals surface area (Å²) in [6.07, 6.45) is 94.9. The van der Waals surface area contributed by atoms with Gasteiger partial charge in [0.15, 0.2) is 6.10 Å². The molecule has 0 aliphatic carbocycles. The predicted molar refractivity (Wildman–Crippen MR) is 353 cm³/mol. The van der Waals surface area contributed by atoms with Crippen molar-refractivity contribution in [1.82, 2.24) is 0 Å². The predicted octanol–water partition coefficient (Wildman–Crippen LogP) is 23.6. The summed E-state index contributed by atoms with van der Waals surface area (Å²) in [6, 6.07) is 0. The molecule has 462 valence electrons. The second-order valence-corrected chi connectivity index (χ2v) is 22.3. The van der Waals surface area contributed by atoms with Gasteiger partial charge < -0.3 is 14.2 Å². The van der Waals surface area contributed by atoms with Gasteiger partial charge in [-0.05, 0) is 128 Å². The largest absolute Gasteiger partial charge is 0.462 e.